The molecule has 0 atom stereocenters. The topological polar surface area (TPSA) is 76.5 Å². The van der Waals surface area contributed by atoms with E-state index in [4.69, 9.17) is 8.83 Å². The van der Waals surface area contributed by atoms with E-state index in [1.54, 1.807) is 0 Å². The number of rotatable bonds is 2. The zero-order chi connectivity index (χ0) is 15.2. The highest BCUT2D eigenvalue weighted by molar-refractivity contribution is 5.86. The molecule has 0 unspecified atom stereocenters. The average Bonchev–Trinajstić information content (AvgIpc) is 2.82. The molecule has 2 rings (SSSR count). The summed E-state index contributed by atoms with van der Waals surface area (Å²) in [4.78, 5) is 15.7. The molecule has 0 aliphatic carbocycles. The summed E-state index contributed by atoms with van der Waals surface area (Å²) in [6, 6.07) is 0. The van der Waals surface area contributed by atoms with Crippen molar-refractivity contribution in [2.45, 2.75) is 47.0 Å². The summed E-state index contributed by atoms with van der Waals surface area (Å²) >= 11 is 0. The van der Waals surface area contributed by atoms with Gasteiger partial charge < -0.3 is 13.9 Å². The maximum Gasteiger partial charge on any atom is 0.373 e. The van der Waals surface area contributed by atoms with E-state index in [-0.39, 0.29) is 5.76 Å². The quantitative estimate of drug-likeness (QED) is 0.902. The Labute approximate surface area is 117 Å². The minimum absolute atomic E-state index is 0.106. The summed E-state index contributed by atoms with van der Waals surface area (Å²) in [6.07, 6.45) is 0. The van der Waals surface area contributed by atoms with Gasteiger partial charge in [0.2, 0.25) is 11.7 Å². The Hall–Kier alpha value is -2.04. The van der Waals surface area contributed by atoms with Gasteiger partial charge in [-0.25, -0.2) is 9.78 Å². The van der Waals surface area contributed by atoms with Crippen molar-refractivity contribution >= 4 is 5.97 Å². The summed E-state index contributed by atoms with van der Waals surface area (Å²) in [6.45, 7) is 11.3. The summed E-state index contributed by atoms with van der Waals surface area (Å²) in [7, 11) is 0. The van der Waals surface area contributed by atoms with Crippen LogP contribution in [-0.4, -0.2) is 16.1 Å². The molecule has 0 amide bonds. The van der Waals surface area contributed by atoms with Crippen LogP contribution >= 0.6 is 0 Å². The van der Waals surface area contributed by atoms with Crippen molar-refractivity contribution in [2.75, 3.05) is 0 Å². The van der Waals surface area contributed by atoms with Crippen LogP contribution in [0.1, 0.15) is 54.1 Å². The molecule has 0 aliphatic heterocycles. The van der Waals surface area contributed by atoms with Crippen LogP contribution in [0.5, 0.6) is 0 Å². The summed E-state index contributed by atoms with van der Waals surface area (Å²) in [5, 5.41) is 9.28. The Kier molecular flexibility index (Phi) is 3.24. The lowest BCUT2D eigenvalue weighted by molar-refractivity contribution is 0.0659. The largest absolute Gasteiger partial charge is 0.475 e. The Morgan fingerprint density at radius 1 is 1.10 bits per heavy atom. The molecule has 0 bridgehead atoms. The third-order valence-corrected chi connectivity index (χ3v) is 3.31. The normalized spacial score (nSPS) is 11.9. The Morgan fingerprint density at radius 3 is 2.05 bits per heavy atom. The highest BCUT2D eigenvalue weighted by Gasteiger charge is 2.30. The molecule has 0 fully saturated rings. The average molecular weight is 277 g/mol. The maximum absolute atomic E-state index is 11.3. The molecule has 0 saturated heterocycles. The minimum Gasteiger partial charge on any atom is -0.475 e. The summed E-state index contributed by atoms with van der Waals surface area (Å²) in [5.74, 6) is 0.553. The molecule has 5 nitrogen and oxygen atoms in total. The third-order valence-electron chi connectivity index (χ3n) is 3.31. The smallest absolute Gasteiger partial charge is 0.373 e. The molecule has 0 saturated carbocycles. The molecule has 0 spiro atoms. The molecule has 108 valence electrons. The summed E-state index contributed by atoms with van der Waals surface area (Å²) in [5.41, 5.74) is 1.69. The SMILES string of the molecule is Cc1oc(C)c(-c2nc(C(C)(C)C)c(C(=O)O)o2)c1C. The van der Waals surface area contributed by atoms with Crippen LogP contribution in [0.25, 0.3) is 11.5 Å². The van der Waals surface area contributed by atoms with Crippen LogP contribution in [0, 0.1) is 20.8 Å². The fourth-order valence-corrected chi connectivity index (χ4v) is 2.19. The van der Waals surface area contributed by atoms with Gasteiger partial charge in [-0.15, -0.1) is 0 Å². The predicted octanol–water partition coefficient (Wildman–Crippen LogP) is 3.86. The van der Waals surface area contributed by atoms with Gasteiger partial charge in [0.15, 0.2) is 0 Å². The lowest BCUT2D eigenvalue weighted by Crippen LogP contribution is -2.16. The van der Waals surface area contributed by atoms with Crippen LogP contribution < -0.4 is 0 Å². The van der Waals surface area contributed by atoms with Gasteiger partial charge in [0.05, 0.1) is 5.56 Å². The van der Waals surface area contributed by atoms with Gasteiger partial charge >= 0.3 is 5.97 Å². The van der Waals surface area contributed by atoms with Gasteiger partial charge in [-0.2, -0.15) is 0 Å². The van der Waals surface area contributed by atoms with E-state index in [2.05, 4.69) is 4.98 Å². The lowest BCUT2D eigenvalue weighted by atomic mass is 9.91. The number of carbonyl (C=O) groups is 1. The highest BCUT2D eigenvalue weighted by Crippen LogP contribution is 2.35. The van der Waals surface area contributed by atoms with E-state index < -0.39 is 11.4 Å². The molecule has 5 heteroatoms. The molecule has 1 N–H and O–H groups in total. The Bertz CT molecular complexity index is 671. The highest BCUT2D eigenvalue weighted by atomic mass is 16.4. The van der Waals surface area contributed by atoms with Crippen molar-refractivity contribution in [3.05, 3.63) is 28.5 Å². The van der Waals surface area contributed by atoms with Gasteiger partial charge in [0.25, 0.3) is 0 Å². The van der Waals surface area contributed by atoms with Crippen LogP contribution in [0.4, 0.5) is 0 Å². The van der Waals surface area contributed by atoms with E-state index in [0.717, 1.165) is 16.9 Å². The molecule has 0 radical (unpaired) electrons. The molecular formula is C15H19NO4. The number of carboxylic acids is 1. The van der Waals surface area contributed by atoms with Crippen molar-refractivity contribution in [2.24, 2.45) is 0 Å². The van der Waals surface area contributed by atoms with Crippen LogP contribution in [0.3, 0.4) is 0 Å². The number of oxazole rings is 1. The number of aromatic nitrogens is 1. The number of nitrogens with zero attached hydrogens (tertiary/aromatic N) is 1. The van der Waals surface area contributed by atoms with Crippen molar-refractivity contribution < 1.29 is 18.7 Å². The van der Waals surface area contributed by atoms with Gasteiger partial charge in [0, 0.05) is 11.0 Å². The first-order valence-corrected chi connectivity index (χ1v) is 6.44. The first-order valence-electron chi connectivity index (χ1n) is 6.44. The Balaban J connectivity index is 2.68. The van der Waals surface area contributed by atoms with E-state index >= 15 is 0 Å². The second-order valence-corrected chi connectivity index (χ2v) is 5.97. The second kappa shape index (κ2) is 4.51. The van der Waals surface area contributed by atoms with E-state index in [1.165, 1.54) is 0 Å². The second-order valence-electron chi connectivity index (χ2n) is 5.97. The van der Waals surface area contributed by atoms with Crippen molar-refractivity contribution in [1.29, 1.82) is 0 Å². The number of furan rings is 1. The molecule has 0 aromatic carbocycles. The van der Waals surface area contributed by atoms with E-state index in [0.29, 0.717) is 17.3 Å². The monoisotopic (exact) mass is 277 g/mol. The van der Waals surface area contributed by atoms with Crippen molar-refractivity contribution in [1.82, 2.24) is 4.98 Å². The molecular weight excluding hydrogens is 258 g/mol. The van der Waals surface area contributed by atoms with Crippen LogP contribution in [-0.2, 0) is 5.41 Å². The van der Waals surface area contributed by atoms with Crippen molar-refractivity contribution in [3.63, 3.8) is 0 Å². The number of aryl methyl sites for hydroxylation is 2. The number of carboxylic acid groups (broad SMARTS) is 1. The first-order chi connectivity index (χ1) is 9.12. The van der Waals surface area contributed by atoms with Crippen molar-refractivity contribution in [3.8, 4) is 11.5 Å². The van der Waals surface area contributed by atoms with Gasteiger partial charge in [-0.05, 0) is 20.8 Å². The zero-order valence-corrected chi connectivity index (χ0v) is 12.6. The minimum atomic E-state index is -1.11. The van der Waals surface area contributed by atoms with Crippen LogP contribution in [0.2, 0.25) is 0 Å². The van der Waals surface area contributed by atoms with Crippen LogP contribution in [0.15, 0.2) is 8.83 Å². The fraction of sp³-hybridized carbons (Fsp3) is 0.467. The molecule has 2 heterocycles. The Morgan fingerprint density at radius 2 is 1.70 bits per heavy atom. The van der Waals surface area contributed by atoms with Gasteiger partial charge in [-0.1, -0.05) is 20.8 Å². The molecule has 2 aromatic rings. The number of aromatic carboxylic acids is 1. The fourth-order valence-electron chi connectivity index (χ4n) is 2.19. The van der Waals surface area contributed by atoms with Gasteiger partial charge in [0.1, 0.15) is 17.2 Å². The standard InChI is InChI=1S/C15H19NO4/c1-7-8(2)19-9(3)10(7)13-16-12(15(4,5)6)11(20-13)14(17)18/h1-6H3,(H,17,18). The van der Waals surface area contributed by atoms with E-state index in [9.17, 15) is 9.90 Å². The lowest BCUT2D eigenvalue weighted by Gasteiger charge is -2.14. The predicted molar refractivity (Wildman–Crippen MR) is 74.1 cm³/mol. The number of hydrogen-bond donors (Lipinski definition) is 1. The molecule has 2 aromatic heterocycles. The zero-order valence-electron chi connectivity index (χ0n) is 12.6. The number of hydrogen-bond acceptors (Lipinski definition) is 4. The van der Waals surface area contributed by atoms with Gasteiger partial charge in [-0.3, -0.25) is 0 Å². The van der Waals surface area contributed by atoms with E-state index in [1.807, 2.05) is 41.5 Å². The molecule has 0 aliphatic rings. The maximum atomic E-state index is 11.3. The first kappa shape index (κ1) is 14.4. The summed E-state index contributed by atoms with van der Waals surface area (Å²) < 4.78 is 11.0. The molecule has 20 heavy (non-hydrogen) atoms. The third kappa shape index (κ3) is 2.24.